The largest absolute Gasteiger partial charge is 0.493 e. The fourth-order valence-corrected chi connectivity index (χ4v) is 4.11. The minimum Gasteiger partial charge on any atom is -0.493 e. The van der Waals surface area contributed by atoms with Gasteiger partial charge in [0.25, 0.3) is 15.9 Å². The summed E-state index contributed by atoms with van der Waals surface area (Å²) in [6.45, 7) is 8.19. The van der Waals surface area contributed by atoms with Gasteiger partial charge in [-0.1, -0.05) is 19.9 Å². The molecule has 0 unspecified atom stereocenters. The van der Waals surface area contributed by atoms with Crippen LogP contribution < -0.4 is 20.1 Å². The van der Waals surface area contributed by atoms with E-state index in [2.05, 4.69) is 9.97 Å². The maximum Gasteiger partial charge on any atom is 0.281 e. The highest BCUT2D eigenvalue weighted by Crippen LogP contribution is 2.29. The Morgan fingerprint density at radius 2 is 1.83 bits per heavy atom. The maximum absolute atomic E-state index is 14.3. The quantitative estimate of drug-likeness (QED) is 0.440. The molecule has 11 heteroatoms. The molecule has 192 valence electrons. The molecule has 1 aromatic carbocycles. The van der Waals surface area contributed by atoms with Gasteiger partial charge in [0, 0.05) is 24.7 Å². The van der Waals surface area contributed by atoms with E-state index in [1.165, 1.54) is 42.5 Å². The monoisotopic (exact) mass is 515 g/mol. The summed E-state index contributed by atoms with van der Waals surface area (Å²) in [4.78, 5) is 23.2. The number of nitrogens with two attached hydrogens (primary N) is 1. The summed E-state index contributed by atoms with van der Waals surface area (Å²) in [5.74, 6) is -0.525. The van der Waals surface area contributed by atoms with Gasteiger partial charge in [0.05, 0.1) is 17.9 Å². The van der Waals surface area contributed by atoms with Crippen molar-refractivity contribution in [3.63, 3.8) is 0 Å². The number of carbonyl (C=O) groups excluding carboxylic acids is 1. The number of benzene rings is 1. The topological polar surface area (TPSA) is 128 Å². The second kappa shape index (κ2) is 10.9. The van der Waals surface area contributed by atoms with E-state index in [0.29, 0.717) is 23.6 Å². The van der Waals surface area contributed by atoms with Crippen LogP contribution in [0.15, 0.2) is 53.6 Å². The number of hydrogen-bond acceptors (Lipinski definition) is 8. The molecule has 0 radical (unpaired) electrons. The summed E-state index contributed by atoms with van der Waals surface area (Å²) < 4.78 is 47.5. The third kappa shape index (κ3) is 6.48. The van der Waals surface area contributed by atoms with Crippen LogP contribution in [0.4, 0.5) is 16.0 Å². The molecule has 3 N–H and O–H groups in total. The lowest BCUT2D eigenvalue weighted by atomic mass is 10.1. The van der Waals surface area contributed by atoms with Crippen LogP contribution in [0.25, 0.3) is 11.3 Å². The second-order valence-electron chi connectivity index (χ2n) is 8.99. The highest BCUT2D eigenvalue weighted by atomic mass is 32.2. The van der Waals surface area contributed by atoms with Gasteiger partial charge in [-0.2, -0.15) is 8.42 Å². The SMILES string of the molecule is CC(C)COc1cc(F)cc(-c2ccc(C(=O)NS(=O)(=O)c3cccc(N)n3)c(N(C)C(C)C)n2)c1. The summed E-state index contributed by atoms with van der Waals surface area (Å²) in [7, 11) is -2.56. The molecule has 0 aliphatic heterocycles. The first-order valence-electron chi connectivity index (χ1n) is 11.3. The van der Waals surface area contributed by atoms with Gasteiger partial charge in [0.1, 0.15) is 23.2 Å². The molecular formula is C25H30FN5O4S. The number of pyridine rings is 2. The summed E-state index contributed by atoms with van der Waals surface area (Å²) in [5, 5.41) is -0.382. The molecule has 0 atom stereocenters. The Balaban J connectivity index is 2.01. The molecular weight excluding hydrogens is 485 g/mol. The normalized spacial score (nSPS) is 11.6. The number of carbonyl (C=O) groups is 1. The van der Waals surface area contributed by atoms with Crippen LogP contribution in [0.1, 0.15) is 38.1 Å². The van der Waals surface area contributed by atoms with Crippen LogP contribution in [0.3, 0.4) is 0 Å². The number of nitrogens with one attached hydrogen (secondary N) is 1. The van der Waals surface area contributed by atoms with E-state index in [-0.39, 0.29) is 34.2 Å². The van der Waals surface area contributed by atoms with Gasteiger partial charge in [-0.3, -0.25) is 4.79 Å². The highest BCUT2D eigenvalue weighted by Gasteiger charge is 2.25. The van der Waals surface area contributed by atoms with Crippen LogP contribution >= 0.6 is 0 Å². The number of nitrogen functional groups attached to an aromatic ring is 1. The van der Waals surface area contributed by atoms with Crippen molar-refractivity contribution in [2.45, 2.75) is 38.8 Å². The number of nitrogens with zero attached hydrogens (tertiary/aromatic N) is 3. The molecule has 9 nitrogen and oxygen atoms in total. The number of anilines is 2. The van der Waals surface area contributed by atoms with Crippen molar-refractivity contribution in [2.24, 2.45) is 5.92 Å². The van der Waals surface area contributed by atoms with E-state index >= 15 is 0 Å². The molecule has 0 saturated carbocycles. The fraction of sp³-hybridized carbons (Fsp3) is 0.320. The Kier molecular flexibility index (Phi) is 8.13. The molecule has 0 aliphatic rings. The Labute approximate surface area is 210 Å². The molecule has 0 bridgehead atoms. The zero-order valence-corrected chi connectivity index (χ0v) is 21.6. The lowest BCUT2D eigenvalue weighted by Crippen LogP contribution is -2.34. The number of rotatable bonds is 9. The van der Waals surface area contributed by atoms with Crippen molar-refractivity contribution >= 4 is 27.6 Å². The van der Waals surface area contributed by atoms with Crippen LogP contribution in [0.2, 0.25) is 0 Å². The standard InChI is InChI=1S/C25H30FN5O4S/c1-15(2)14-35-19-12-17(11-18(26)13-19)21-10-9-20(24(28-21)31(5)16(3)4)25(32)30-36(33,34)23-8-6-7-22(27)29-23/h6-13,15-16H,14H2,1-5H3,(H2,27,29)(H,30,32). The summed E-state index contributed by atoms with van der Waals surface area (Å²) >= 11 is 0. The van der Waals surface area contributed by atoms with Crippen molar-refractivity contribution < 1.29 is 22.3 Å². The first-order chi connectivity index (χ1) is 16.9. The van der Waals surface area contributed by atoms with E-state index < -0.39 is 21.7 Å². The third-order valence-electron chi connectivity index (χ3n) is 5.23. The lowest BCUT2D eigenvalue weighted by molar-refractivity contribution is 0.0981. The minimum absolute atomic E-state index is 0.00316. The van der Waals surface area contributed by atoms with Gasteiger partial charge >= 0.3 is 0 Å². The molecule has 0 spiro atoms. The molecule has 1 amide bonds. The zero-order valence-electron chi connectivity index (χ0n) is 20.8. The molecule has 2 heterocycles. The maximum atomic E-state index is 14.3. The Hall–Kier alpha value is -3.73. The van der Waals surface area contributed by atoms with Gasteiger partial charge in [-0.05, 0) is 56.2 Å². The first kappa shape index (κ1) is 26.9. The van der Waals surface area contributed by atoms with Crippen LogP contribution in [-0.4, -0.2) is 44.0 Å². The Morgan fingerprint density at radius 3 is 2.47 bits per heavy atom. The minimum atomic E-state index is -4.28. The first-order valence-corrected chi connectivity index (χ1v) is 12.8. The average molecular weight is 516 g/mol. The number of aromatic nitrogens is 2. The molecule has 0 aliphatic carbocycles. The van der Waals surface area contributed by atoms with Gasteiger partial charge in [-0.25, -0.2) is 19.1 Å². The fourth-order valence-electron chi connectivity index (χ4n) is 3.17. The van der Waals surface area contributed by atoms with Crippen molar-refractivity contribution in [3.05, 3.63) is 59.9 Å². The predicted octanol–water partition coefficient (Wildman–Crippen LogP) is 3.86. The van der Waals surface area contributed by atoms with Crippen molar-refractivity contribution in [1.82, 2.24) is 14.7 Å². The summed E-state index contributed by atoms with van der Waals surface area (Å²) in [5.41, 5.74) is 6.45. The molecule has 2 aromatic heterocycles. The second-order valence-corrected chi connectivity index (χ2v) is 10.6. The van der Waals surface area contributed by atoms with E-state index in [1.807, 2.05) is 32.4 Å². The highest BCUT2D eigenvalue weighted by molar-refractivity contribution is 7.90. The summed E-state index contributed by atoms with van der Waals surface area (Å²) in [6.07, 6.45) is 0. The molecule has 36 heavy (non-hydrogen) atoms. The molecule has 3 rings (SSSR count). The van der Waals surface area contributed by atoms with E-state index in [9.17, 15) is 17.6 Å². The molecule has 0 fully saturated rings. The van der Waals surface area contributed by atoms with Crippen molar-refractivity contribution in [3.8, 4) is 17.0 Å². The third-order valence-corrected chi connectivity index (χ3v) is 6.46. The number of hydrogen-bond donors (Lipinski definition) is 2. The van der Waals surface area contributed by atoms with Crippen molar-refractivity contribution in [1.29, 1.82) is 0 Å². The van der Waals surface area contributed by atoms with Gasteiger partial charge in [0.2, 0.25) is 0 Å². The van der Waals surface area contributed by atoms with Crippen LogP contribution in [0.5, 0.6) is 5.75 Å². The van der Waals surface area contributed by atoms with Crippen molar-refractivity contribution in [2.75, 3.05) is 24.3 Å². The number of halogens is 1. The number of ether oxygens (including phenoxy) is 1. The molecule has 0 saturated heterocycles. The Bertz CT molecular complexity index is 1360. The zero-order chi connectivity index (χ0) is 26.6. The van der Waals surface area contributed by atoms with E-state index in [4.69, 9.17) is 10.5 Å². The predicted molar refractivity (Wildman–Crippen MR) is 137 cm³/mol. The van der Waals surface area contributed by atoms with Gasteiger partial charge < -0.3 is 15.4 Å². The van der Waals surface area contributed by atoms with Gasteiger partial charge in [0.15, 0.2) is 5.03 Å². The summed E-state index contributed by atoms with van der Waals surface area (Å²) in [6, 6.07) is 11.3. The smallest absolute Gasteiger partial charge is 0.281 e. The van der Waals surface area contributed by atoms with Gasteiger partial charge in [-0.15, -0.1) is 0 Å². The van der Waals surface area contributed by atoms with E-state index in [1.54, 1.807) is 18.0 Å². The Morgan fingerprint density at radius 1 is 1.11 bits per heavy atom. The average Bonchev–Trinajstić information content (AvgIpc) is 2.81. The lowest BCUT2D eigenvalue weighted by Gasteiger charge is -2.25. The van der Waals surface area contributed by atoms with Crippen LogP contribution in [-0.2, 0) is 10.0 Å². The number of sulfonamides is 1. The molecule has 3 aromatic rings. The van der Waals surface area contributed by atoms with Crippen LogP contribution in [0, 0.1) is 11.7 Å². The van der Waals surface area contributed by atoms with E-state index in [0.717, 1.165) is 0 Å². The number of amides is 1.